The number of rotatable bonds is 11. The van der Waals surface area contributed by atoms with Crippen molar-refractivity contribution in [2.24, 2.45) is 0 Å². The van der Waals surface area contributed by atoms with E-state index in [0.29, 0.717) is 6.61 Å². The third kappa shape index (κ3) is 5.65. The molecule has 0 aliphatic heterocycles. The van der Waals surface area contributed by atoms with Gasteiger partial charge in [0.25, 0.3) is 0 Å². The molecular formula is C19H29N3O2. The fourth-order valence-electron chi connectivity index (χ4n) is 2.58. The molecule has 0 saturated heterocycles. The van der Waals surface area contributed by atoms with E-state index in [2.05, 4.69) is 41.2 Å². The first kappa shape index (κ1) is 18.5. The van der Waals surface area contributed by atoms with Crippen LogP contribution in [0.25, 0.3) is 11.1 Å². The lowest BCUT2D eigenvalue weighted by Gasteiger charge is -2.16. The zero-order chi connectivity index (χ0) is 17.2. The molecule has 2 aromatic rings. The van der Waals surface area contributed by atoms with Crippen LogP contribution in [-0.2, 0) is 11.3 Å². The number of H-pyrrole nitrogens is 1. The Morgan fingerprint density at radius 1 is 1.12 bits per heavy atom. The topological polar surface area (TPSA) is 50.4 Å². The highest BCUT2D eigenvalue weighted by Crippen LogP contribution is 2.25. The van der Waals surface area contributed by atoms with Crippen LogP contribution >= 0.6 is 0 Å². The quantitative estimate of drug-likeness (QED) is 0.638. The summed E-state index contributed by atoms with van der Waals surface area (Å²) in [4.78, 5) is 2.33. The maximum Gasteiger partial charge on any atom is 0.119 e. The van der Waals surface area contributed by atoms with E-state index >= 15 is 0 Å². The molecule has 0 aliphatic rings. The summed E-state index contributed by atoms with van der Waals surface area (Å²) in [6.45, 7) is 5.59. The molecule has 0 fully saturated rings. The van der Waals surface area contributed by atoms with E-state index in [4.69, 9.17) is 9.47 Å². The monoisotopic (exact) mass is 331 g/mol. The molecular weight excluding hydrogens is 302 g/mol. The van der Waals surface area contributed by atoms with Crippen LogP contribution in [-0.4, -0.2) is 49.0 Å². The number of benzene rings is 1. The van der Waals surface area contributed by atoms with E-state index in [1.807, 2.05) is 18.3 Å². The molecule has 1 aromatic carbocycles. The minimum absolute atomic E-state index is 0.673. The molecule has 0 amide bonds. The van der Waals surface area contributed by atoms with Gasteiger partial charge in [0.2, 0.25) is 0 Å². The fourth-order valence-corrected chi connectivity index (χ4v) is 2.58. The molecule has 0 atom stereocenters. The van der Waals surface area contributed by atoms with Crippen molar-refractivity contribution in [2.45, 2.75) is 32.7 Å². The van der Waals surface area contributed by atoms with Crippen LogP contribution in [0.4, 0.5) is 0 Å². The van der Waals surface area contributed by atoms with Crippen LogP contribution < -0.4 is 4.74 Å². The zero-order valence-corrected chi connectivity index (χ0v) is 15.0. The van der Waals surface area contributed by atoms with Crippen molar-refractivity contribution < 1.29 is 9.47 Å². The molecule has 2 rings (SSSR count). The van der Waals surface area contributed by atoms with Crippen molar-refractivity contribution in [2.75, 3.05) is 33.9 Å². The second kappa shape index (κ2) is 10.1. The van der Waals surface area contributed by atoms with Gasteiger partial charge in [0.15, 0.2) is 0 Å². The van der Waals surface area contributed by atoms with Crippen LogP contribution in [0.1, 0.15) is 31.9 Å². The van der Waals surface area contributed by atoms with Gasteiger partial charge in [-0.2, -0.15) is 5.10 Å². The Bertz CT molecular complexity index is 581. The fraction of sp³-hybridized carbons (Fsp3) is 0.526. The molecule has 5 heteroatoms. The van der Waals surface area contributed by atoms with Crippen molar-refractivity contribution >= 4 is 0 Å². The van der Waals surface area contributed by atoms with Gasteiger partial charge in [0, 0.05) is 32.2 Å². The van der Waals surface area contributed by atoms with E-state index in [1.165, 1.54) is 12.8 Å². The van der Waals surface area contributed by atoms with Gasteiger partial charge in [0.1, 0.15) is 5.75 Å². The zero-order valence-electron chi connectivity index (χ0n) is 15.0. The second-order valence-electron chi connectivity index (χ2n) is 6.07. The lowest BCUT2D eigenvalue weighted by molar-refractivity contribution is 0.172. The first-order valence-electron chi connectivity index (χ1n) is 8.67. The molecule has 1 heterocycles. The molecule has 24 heavy (non-hydrogen) atoms. The third-order valence-electron chi connectivity index (χ3n) is 3.97. The van der Waals surface area contributed by atoms with Crippen LogP contribution in [0.5, 0.6) is 5.75 Å². The molecule has 0 aliphatic carbocycles. The van der Waals surface area contributed by atoms with Crippen molar-refractivity contribution in [3.8, 4) is 16.9 Å². The summed E-state index contributed by atoms with van der Waals surface area (Å²) in [6.07, 6.45) is 5.23. The number of unbranched alkanes of at least 4 members (excludes halogenated alkanes) is 1. The highest BCUT2D eigenvalue weighted by Gasteiger charge is 2.10. The Balaban J connectivity index is 1.95. The number of aromatic nitrogens is 2. The van der Waals surface area contributed by atoms with E-state index in [-0.39, 0.29) is 0 Å². The number of nitrogens with one attached hydrogen (secondary N) is 1. The van der Waals surface area contributed by atoms with E-state index < -0.39 is 0 Å². The smallest absolute Gasteiger partial charge is 0.119 e. The summed E-state index contributed by atoms with van der Waals surface area (Å²) in [7, 11) is 3.86. The minimum atomic E-state index is 0.673. The normalized spacial score (nSPS) is 11.2. The van der Waals surface area contributed by atoms with Crippen LogP contribution in [0.3, 0.4) is 0 Å². The summed E-state index contributed by atoms with van der Waals surface area (Å²) in [5, 5.41) is 7.37. The minimum Gasteiger partial charge on any atom is -0.494 e. The average molecular weight is 331 g/mol. The summed E-state index contributed by atoms with van der Waals surface area (Å²) in [5.74, 6) is 0.889. The van der Waals surface area contributed by atoms with Gasteiger partial charge >= 0.3 is 0 Å². The number of hydrogen-bond acceptors (Lipinski definition) is 4. The first-order chi connectivity index (χ1) is 11.7. The van der Waals surface area contributed by atoms with E-state index in [1.54, 1.807) is 7.11 Å². The molecule has 132 valence electrons. The van der Waals surface area contributed by atoms with Crippen LogP contribution in [0, 0.1) is 0 Å². The predicted molar refractivity (Wildman–Crippen MR) is 97.3 cm³/mol. The maximum atomic E-state index is 5.71. The number of methoxy groups -OCH3 is 1. The molecule has 0 saturated carbocycles. The lowest BCUT2D eigenvalue weighted by atomic mass is 10.1. The summed E-state index contributed by atoms with van der Waals surface area (Å²) < 4.78 is 10.7. The standard InChI is InChI=1S/C19H29N3O2/c1-4-5-11-22(2)15-19-18(14-20-21-19)16-7-9-17(10-8-16)24-13-6-12-23-3/h7-10,14H,4-6,11-13,15H2,1-3H3,(H,20,21). The molecule has 0 unspecified atom stereocenters. The maximum absolute atomic E-state index is 5.71. The Morgan fingerprint density at radius 3 is 2.62 bits per heavy atom. The third-order valence-corrected chi connectivity index (χ3v) is 3.97. The average Bonchev–Trinajstić information content (AvgIpc) is 3.05. The van der Waals surface area contributed by atoms with Gasteiger partial charge in [-0.25, -0.2) is 0 Å². The summed E-state index contributed by atoms with van der Waals surface area (Å²) in [6, 6.07) is 8.21. The Morgan fingerprint density at radius 2 is 1.92 bits per heavy atom. The Labute approximate surface area is 145 Å². The first-order valence-corrected chi connectivity index (χ1v) is 8.67. The molecule has 0 spiro atoms. The molecule has 1 N–H and O–H groups in total. The van der Waals surface area contributed by atoms with Gasteiger partial charge in [-0.15, -0.1) is 0 Å². The lowest BCUT2D eigenvalue weighted by Crippen LogP contribution is -2.19. The van der Waals surface area contributed by atoms with Crippen LogP contribution in [0.2, 0.25) is 0 Å². The summed E-state index contributed by atoms with van der Waals surface area (Å²) >= 11 is 0. The number of ether oxygens (including phenoxy) is 2. The summed E-state index contributed by atoms with van der Waals surface area (Å²) in [5.41, 5.74) is 3.47. The Hall–Kier alpha value is -1.85. The largest absolute Gasteiger partial charge is 0.494 e. The van der Waals surface area contributed by atoms with Crippen molar-refractivity contribution in [3.05, 3.63) is 36.2 Å². The van der Waals surface area contributed by atoms with E-state index in [9.17, 15) is 0 Å². The number of aromatic amines is 1. The second-order valence-corrected chi connectivity index (χ2v) is 6.07. The molecule has 5 nitrogen and oxygen atoms in total. The number of hydrogen-bond donors (Lipinski definition) is 1. The van der Waals surface area contributed by atoms with Crippen LogP contribution in [0.15, 0.2) is 30.5 Å². The van der Waals surface area contributed by atoms with Gasteiger partial charge in [0.05, 0.1) is 18.5 Å². The molecule has 0 bridgehead atoms. The predicted octanol–water partition coefficient (Wildman–Crippen LogP) is 3.72. The van der Waals surface area contributed by atoms with Crippen molar-refractivity contribution in [3.63, 3.8) is 0 Å². The SMILES string of the molecule is CCCCN(C)Cc1[nH]ncc1-c1ccc(OCCCOC)cc1. The van der Waals surface area contributed by atoms with Gasteiger partial charge in [-0.1, -0.05) is 25.5 Å². The van der Waals surface area contributed by atoms with Crippen molar-refractivity contribution in [1.82, 2.24) is 15.1 Å². The molecule has 1 aromatic heterocycles. The van der Waals surface area contributed by atoms with E-state index in [0.717, 1.165) is 48.7 Å². The van der Waals surface area contributed by atoms with Crippen molar-refractivity contribution in [1.29, 1.82) is 0 Å². The molecule has 0 radical (unpaired) electrons. The Kier molecular flexibility index (Phi) is 7.79. The number of nitrogens with zero attached hydrogens (tertiary/aromatic N) is 2. The highest BCUT2D eigenvalue weighted by molar-refractivity contribution is 5.65. The van der Waals surface area contributed by atoms with Gasteiger partial charge in [-0.3, -0.25) is 5.10 Å². The highest BCUT2D eigenvalue weighted by atomic mass is 16.5. The van der Waals surface area contributed by atoms with Gasteiger partial charge < -0.3 is 14.4 Å². The van der Waals surface area contributed by atoms with Gasteiger partial charge in [-0.05, 0) is 37.7 Å².